The zero-order chi connectivity index (χ0) is 24.3. The molecule has 0 aliphatic carbocycles. The van der Waals surface area contributed by atoms with Crippen LogP contribution in [0.5, 0.6) is 5.75 Å². The van der Waals surface area contributed by atoms with Crippen molar-refractivity contribution >= 4 is 23.7 Å². The number of hydrogen-bond acceptors (Lipinski definition) is 7. The van der Waals surface area contributed by atoms with Crippen LogP contribution in [0.1, 0.15) is 84.2 Å². The minimum absolute atomic E-state index is 0.315. The van der Waals surface area contributed by atoms with Gasteiger partial charge in [0.15, 0.2) is 0 Å². The van der Waals surface area contributed by atoms with Crippen LogP contribution in [0.3, 0.4) is 0 Å². The highest BCUT2D eigenvalue weighted by Crippen LogP contribution is 2.37. The Hall–Kier alpha value is -2.48. The van der Waals surface area contributed by atoms with Gasteiger partial charge in [-0.1, -0.05) is 70.3 Å². The lowest BCUT2D eigenvalue weighted by Crippen LogP contribution is -2.29. The summed E-state index contributed by atoms with van der Waals surface area (Å²) in [6, 6.07) is 7.53. The van der Waals surface area contributed by atoms with E-state index < -0.39 is 6.04 Å². The second-order valence-electron chi connectivity index (χ2n) is 8.54. The first-order valence-corrected chi connectivity index (χ1v) is 13.5. The average molecular weight is 487 g/mol. The molecule has 0 radical (unpaired) electrons. The molecule has 34 heavy (non-hydrogen) atoms. The summed E-state index contributed by atoms with van der Waals surface area (Å²) in [5, 5.41) is 8.76. The minimum atomic E-state index is -0.410. The number of ether oxygens (including phenoxy) is 2. The summed E-state index contributed by atoms with van der Waals surface area (Å²) in [5.41, 5.74) is 2.26. The van der Waals surface area contributed by atoms with Crippen molar-refractivity contribution in [2.45, 2.75) is 83.8 Å². The fraction of sp³-hybridized carbons (Fsp3) is 0.577. The van der Waals surface area contributed by atoms with E-state index in [1.54, 1.807) is 11.8 Å². The zero-order valence-corrected chi connectivity index (χ0v) is 21.7. The summed E-state index contributed by atoms with van der Waals surface area (Å²) in [6.07, 6.45) is 7.42. The first kappa shape index (κ1) is 26.1. The molecule has 1 N–H and O–H groups in total. The number of esters is 1. The van der Waals surface area contributed by atoms with Crippen LogP contribution >= 0.6 is 11.8 Å². The van der Waals surface area contributed by atoms with Crippen LogP contribution in [-0.4, -0.2) is 39.7 Å². The lowest BCUT2D eigenvalue weighted by molar-refractivity contribution is -0.139. The smallest absolute Gasteiger partial charge is 0.338 e. The molecule has 2 aromatic rings. The van der Waals surface area contributed by atoms with Gasteiger partial charge in [-0.25, -0.2) is 9.48 Å². The molecule has 8 heteroatoms. The number of allylic oxidation sites excluding steroid dienone is 1. The maximum Gasteiger partial charge on any atom is 0.338 e. The van der Waals surface area contributed by atoms with Gasteiger partial charge in [0.25, 0.3) is 0 Å². The molecule has 0 saturated heterocycles. The van der Waals surface area contributed by atoms with Gasteiger partial charge in [-0.3, -0.25) is 0 Å². The first-order chi connectivity index (χ1) is 16.6. The predicted molar refractivity (Wildman–Crippen MR) is 137 cm³/mol. The van der Waals surface area contributed by atoms with Crippen molar-refractivity contribution in [3.63, 3.8) is 0 Å². The van der Waals surface area contributed by atoms with Gasteiger partial charge in [0, 0.05) is 11.4 Å². The van der Waals surface area contributed by atoms with Crippen molar-refractivity contribution in [1.29, 1.82) is 0 Å². The van der Waals surface area contributed by atoms with Crippen molar-refractivity contribution in [3.8, 4) is 5.75 Å². The van der Waals surface area contributed by atoms with Gasteiger partial charge in [-0.15, -0.1) is 5.10 Å². The molecule has 7 nitrogen and oxygen atoms in total. The third kappa shape index (κ3) is 6.78. The largest absolute Gasteiger partial charge is 0.494 e. The number of hydrogen-bond donors (Lipinski definition) is 1. The van der Waals surface area contributed by atoms with Crippen molar-refractivity contribution < 1.29 is 14.3 Å². The predicted octanol–water partition coefficient (Wildman–Crippen LogP) is 6.37. The van der Waals surface area contributed by atoms with Crippen molar-refractivity contribution in [2.24, 2.45) is 0 Å². The van der Waals surface area contributed by atoms with E-state index in [9.17, 15) is 4.79 Å². The average Bonchev–Trinajstić information content (AvgIpc) is 3.24. The summed E-state index contributed by atoms with van der Waals surface area (Å²) >= 11 is 1.64. The summed E-state index contributed by atoms with van der Waals surface area (Å²) in [6.45, 7) is 9.45. The molecule has 1 aliphatic rings. The number of carbonyl (C=O) groups excluding carboxylic acids is 1. The Bertz CT molecular complexity index is 955. The Kier molecular flexibility index (Phi) is 10.3. The molecular weight excluding hydrogens is 448 g/mol. The van der Waals surface area contributed by atoms with Crippen molar-refractivity contribution in [3.05, 3.63) is 41.1 Å². The number of unbranched alkanes of at least 4 members (excludes halogenated alkanes) is 4. The third-order valence-electron chi connectivity index (χ3n) is 5.73. The van der Waals surface area contributed by atoms with Crippen LogP contribution in [0.2, 0.25) is 0 Å². The van der Waals surface area contributed by atoms with Crippen LogP contribution in [0.15, 0.2) is 40.7 Å². The molecule has 0 amide bonds. The number of nitrogens with zero attached hydrogens (tertiary/aromatic N) is 3. The molecule has 1 aromatic heterocycles. The van der Waals surface area contributed by atoms with Crippen molar-refractivity contribution in [1.82, 2.24) is 14.8 Å². The minimum Gasteiger partial charge on any atom is -0.494 e. The molecule has 1 unspecified atom stereocenters. The number of thioether (sulfide) groups is 1. The summed E-state index contributed by atoms with van der Waals surface area (Å²) in [7, 11) is 0. The Morgan fingerprint density at radius 2 is 1.76 bits per heavy atom. The molecule has 2 heterocycles. The number of anilines is 1. The maximum atomic E-state index is 13.2. The number of rotatable bonds is 14. The molecule has 1 aliphatic heterocycles. The lowest BCUT2D eigenvalue weighted by Gasteiger charge is -2.28. The van der Waals surface area contributed by atoms with Gasteiger partial charge in [0.2, 0.25) is 11.1 Å². The monoisotopic (exact) mass is 486 g/mol. The van der Waals surface area contributed by atoms with Crippen LogP contribution in [-0.2, 0) is 9.53 Å². The van der Waals surface area contributed by atoms with Gasteiger partial charge in [-0.2, -0.15) is 4.98 Å². The van der Waals surface area contributed by atoms with Crippen LogP contribution in [0, 0.1) is 0 Å². The summed E-state index contributed by atoms with van der Waals surface area (Å²) < 4.78 is 13.3. The quantitative estimate of drug-likeness (QED) is 0.189. The van der Waals surface area contributed by atoms with Gasteiger partial charge < -0.3 is 14.8 Å². The van der Waals surface area contributed by atoms with E-state index in [2.05, 4.69) is 31.1 Å². The van der Waals surface area contributed by atoms with Crippen LogP contribution < -0.4 is 10.1 Å². The Balaban J connectivity index is 1.88. The Labute approximate surface area is 207 Å². The molecule has 0 spiro atoms. The standard InChI is InChI=1S/C26H38N4O3S/c1-5-8-11-17-32-21-14-12-20(13-15-21)23-22(24(31)33-16-9-6-2)19(4)27-25-28-26(29-30(23)25)34-18-10-7-3/h12-15,23H,5-11,16-18H2,1-4H3,(H,27,28,29). The second kappa shape index (κ2) is 13.4. The normalized spacial score (nSPS) is 15.1. The number of benzene rings is 1. The van der Waals surface area contributed by atoms with Gasteiger partial charge in [0.1, 0.15) is 11.8 Å². The SMILES string of the molecule is CCCCCOc1ccc(C2C(C(=O)OCCCC)=C(C)Nc3nc(SCCCC)nn32)cc1. The number of carbonyl (C=O) groups is 1. The molecule has 0 fully saturated rings. The Morgan fingerprint density at radius 3 is 2.47 bits per heavy atom. The fourth-order valence-electron chi connectivity index (χ4n) is 3.75. The molecular formula is C26H38N4O3S. The Morgan fingerprint density at radius 1 is 1.03 bits per heavy atom. The highest BCUT2D eigenvalue weighted by atomic mass is 32.2. The second-order valence-corrected chi connectivity index (χ2v) is 9.61. The highest BCUT2D eigenvalue weighted by molar-refractivity contribution is 7.99. The zero-order valence-electron chi connectivity index (χ0n) is 20.9. The van der Waals surface area contributed by atoms with E-state index >= 15 is 0 Å². The third-order valence-corrected chi connectivity index (χ3v) is 6.65. The van der Waals surface area contributed by atoms with Crippen LogP contribution in [0.25, 0.3) is 0 Å². The lowest BCUT2D eigenvalue weighted by atomic mass is 9.96. The van der Waals surface area contributed by atoms with E-state index in [1.807, 2.05) is 35.9 Å². The topological polar surface area (TPSA) is 78.3 Å². The molecule has 3 rings (SSSR count). The van der Waals surface area contributed by atoms with Crippen LogP contribution in [0.4, 0.5) is 5.95 Å². The summed E-state index contributed by atoms with van der Waals surface area (Å²) in [5.74, 6) is 2.12. The number of nitrogens with one attached hydrogen (secondary N) is 1. The van der Waals surface area contributed by atoms with E-state index in [4.69, 9.17) is 14.6 Å². The number of fused-ring (bicyclic) bond motifs is 1. The first-order valence-electron chi connectivity index (χ1n) is 12.6. The van der Waals surface area contributed by atoms with Gasteiger partial charge >= 0.3 is 5.97 Å². The van der Waals surface area contributed by atoms with Gasteiger partial charge in [0.05, 0.1) is 18.8 Å². The molecule has 0 saturated carbocycles. The molecule has 186 valence electrons. The van der Waals surface area contributed by atoms with E-state index in [1.165, 1.54) is 6.42 Å². The maximum absolute atomic E-state index is 13.2. The fourth-order valence-corrected chi connectivity index (χ4v) is 4.66. The van der Waals surface area contributed by atoms with Gasteiger partial charge in [-0.05, 0) is 43.9 Å². The molecule has 1 aromatic carbocycles. The van der Waals surface area contributed by atoms with E-state index in [0.717, 1.165) is 61.3 Å². The van der Waals surface area contributed by atoms with E-state index in [0.29, 0.717) is 29.9 Å². The highest BCUT2D eigenvalue weighted by Gasteiger charge is 2.35. The molecule has 1 atom stereocenters. The summed E-state index contributed by atoms with van der Waals surface area (Å²) in [4.78, 5) is 17.8. The van der Waals surface area contributed by atoms with Crippen molar-refractivity contribution in [2.75, 3.05) is 24.3 Å². The number of aromatic nitrogens is 3. The van der Waals surface area contributed by atoms with E-state index in [-0.39, 0.29) is 5.97 Å². The molecule has 0 bridgehead atoms.